The number of fused-ring (bicyclic) bond motifs is 1. The Morgan fingerprint density at radius 1 is 1.20 bits per heavy atom. The van der Waals surface area contributed by atoms with E-state index >= 15 is 0 Å². The molecule has 0 aromatic heterocycles. The number of hydrogen-bond donors (Lipinski definition) is 1. The van der Waals surface area contributed by atoms with Gasteiger partial charge < -0.3 is 10.1 Å². The van der Waals surface area contributed by atoms with Gasteiger partial charge >= 0.3 is 0 Å². The molecule has 2 heteroatoms. The highest BCUT2D eigenvalue weighted by Gasteiger charge is 2.25. The van der Waals surface area contributed by atoms with Crippen LogP contribution in [0.2, 0.25) is 0 Å². The molecule has 1 aromatic rings. The van der Waals surface area contributed by atoms with Crippen molar-refractivity contribution in [1.29, 1.82) is 0 Å². The number of benzene rings is 1. The van der Waals surface area contributed by atoms with Gasteiger partial charge in [-0.25, -0.2) is 0 Å². The molecule has 1 atom stereocenters. The fraction of sp³-hybridized carbons (Fsp3) is 0.667. The van der Waals surface area contributed by atoms with E-state index in [2.05, 4.69) is 30.4 Å². The van der Waals surface area contributed by atoms with Crippen LogP contribution in [0.3, 0.4) is 0 Å². The lowest BCUT2D eigenvalue weighted by Gasteiger charge is -2.16. The SMILES string of the molecule is CCCNC1CCc2c(OCC3CCCC3)cccc21. The average molecular weight is 273 g/mol. The monoisotopic (exact) mass is 273 g/mol. The molecule has 1 N–H and O–H groups in total. The van der Waals surface area contributed by atoms with Crippen LogP contribution < -0.4 is 10.1 Å². The zero-order valence-corrected chi connectivity index (χ0v) is 12.7. The van der Waals surface area contributed by atoms with Crippen molar-refractivity contribution in [3.63, 3.8) is 0 Å². The molecule has 20 heavy (non-hydrogen) atoms. The Hall–Kier alpha value is -1.02. The lowest BCUT2D eigenvalue weighted by Crippen LogP contribution is -2.19. The van der Waals surface area contributed by atoms with E-state index in [9.17, 15) is 0 Å². The van der Waals surface area contributed by atoms with Gasteiger partial charge in [0.25, 0.3) is 0 Å². The first kappa shape index (κ1) is 13.9. The molecule has 0 aliphatic heterocycles. The average Bonchev–Trinajstić information content (AvgIpc) is 3.12. The van der Waals surface area contributed by atoms with Crippen molar-refractivity contribution in [2.75, 3.05) is 13.2 Å². The summed E-state index contributed by atoms with van der Waals surface area (Å²) >= 11 is 0. The molecule has 0 heterocycles. The molecule has 110 valence electrons. The van der Waals surface area contributed by atoms with Gasteiger partial charge in [-0.1, -0.05) is 31.9 Å². The van der Waals surface area contributed by atoms with E-state index in [1.54, 1.807) is 0 Å². The Morgan fingerprint density at radius 2 is 2.05 bits per heavy atom. The molecular weight excluding hydrogens is 246 g/mol. The van der Waals surface area contributed by atoms with E-state index in [1.807, 2.05) is 0 Å². The second kappa shape index (κ2) is 6.62. The topological polar surface area (TPSA) is 21.3 Å². The first-order valence-electron chi connectivity index (χ1n) is 8.36. The summed E-state index contributed by atoms with van der Waals surface area (Å²) in [6, 6.07) is 7.14. The third kappa shape index (κ3) is 3.01. The fourth-order valence-electron chi connectivity index (χ4n) is 3.67. The highest BCUT2D eigenvalue weighted by molar-refractivity contribution is 5.45. The Kier molecular flexibility index (Phi) is 4.62. The van der Waals surface area contributed by atoms with Crippen molar-refractivity contribution < 1.29 is 4.74 Å². The molecule has 0 amide bonds. The van der Waals surface area contributed by atoms with Crippen molar-refractivity contribution in [2.24, 2.45) is 5.92 Å². The van der Waals surface area contributed by atoms with Crippen molar-refractivity contribution in [3.8, 4) is 5.75 Å². The van der Waals surface area contributed by atoms with Crippen LogP contribution in [0.5, 0.6) is 5.75 Å². The van der Waals surface area contributed by atoms with Gasteiger partial charge in [-0.05, 0) is 61.8 Å². The van der Waals surface area contributed by atoms with E-state index in [0.717, 1.165) is 31.2 Å². The smallest absolute Gasteiger partial charge is 0.122 e. The van der Waals surface area contributed by atoms with Gasteiger partial charge in [0.15, 0.2) is 0 Å². The molecule has 2 aliphatic rings. The maximum Gasteiger partial charge on any atom is 0.122 e. The second-order valence-electron chi connectivity index (χ2n) is 6.33. The van der Waals surface area contributed by atoms with Crippen LogP contribution >= 0.6 is 0 Å². The predicted molar refractivity (Wildman–Crippen MR) is 83.3 cm³/mol. The molecule has 1 unspecified atom stereocenters. The van der Waals surface area contributed by atoms with Crippen LogP contribution in [-0.4, -0.2) is 13.2 Å². The Morgan fingerprint density at radius 3 is 2.85 bits per heavy atom. The Bertz CT molecular complexity index is 437. The zero-order chi connectivity index (χ0) is 13.8. The standard InChI is InChI=1S/C18H27NO/c1-2-12-19-17-11-10-16-15(17)8-5-9-18(16)20-13-14-6-3-4-7-14/h5,8-9,14,17,19H,2-4,6-7,10-13H2,1H3. The van der Waals surface area contributed by atoms with Crippen LogP contribution in [0.1, 0.15) is 62.6 Å². The highest BCUT2D eigenvalue weighted by Crippen LogP contribution is 2.37. The Labute approximate surface area is 122 Å². The minimum Gasteiger partial charge on any atom is -0.493 e. The number of rotatable bonds is 6. The molecule has 2 aliphatic carbocycles. The molecule has 0 saturated heterocycles. The van der Waals surface area contributed by atoms with Gasteiger partial charge in [-0.3, -0.25) is 0 Å². The zero-order valence-electron chi connectivity index (χ0n) is 12.7. The summed E-state index contributed by atoms with van der Waals surface area (Å²) in [4.78, 5) is 0. The molecule has 3 rings (SSSR count). The second-order valence-corrected chi connectivity index (χ2v) is 6.33. The minimum atomic E-state index is 0.542. The van der Waals surface area contributed by atoms with Crippen LogP contribution in [0.15, 0.2) is 18.2 Å². The highest BCUT2D eigenvalue weighted by atomic mass is 16.5. The third-order valence-corrected chi connectivity index (χ3v) is 4.82. The fourth-order valence-corrected chi connectivity index (χ4v) is 3.67. The van der Waals surface area contributed by atoms with Gasteiger partial charge in [0.2, 0.25) is 0 Å². The summed E-state index contributed by atoms with van der Waals surface area (Å²) in [6.07, 6.45) is 9.08. The van der Waals surface area contributed by atoms with Crippen LogP contribution in [0.25, 0.3) is 0 Å². The number of ether oxygens (including phenoxy) is 1. The maximum atomic E-state index is 6.16. The summed E-state index contributed by atoms with van der Waals surface area (Å²) in [5, 5.41) is 3.66. The lowest BCUT2D eigenvalue weighted by atomic mass is 10.1. The van der Waals surface area contributed by atoms with E-state index in [-0.39, 0.29) is 0 Å². The van der Waals surface area contributed by atoms with Crippen molar-refractivity contribution in [1.82, 2.24) is 5.32 Å². The summed E-state index contributed by atoms with van der Waals surface area (Å²) in [7, 11) is 0. The lowest BCUT2D eigenvalue weighted by molar-refractivity contribution is 0.250. The van der Waals surface area contributed by atoms with Gasteiger partial charge in [0.1, 0.15) is 5.75 Å². The first-order valence-corrected chi connectivity index (χ1v) is 8.36. The first-order chi connectivity index (χ1) is 9.88. The summed E-state index contributed by atoms with van der Waals surface area (Å²) in [5.41, 5.74) is 2.93. The number of nitrogens with one attached hydrogen (secondary N) is 1. The number of hydrogen-bond acceptors (Lipinski definition) is 2. The molecule has 0 bridgehead atoms. The third-order valence-electron chi connectivity index (χ3n) is 4.82. The van der Waals surface area contributed by atoms with Gasteiger partial charge in [0.05, 0.1) is 6.61 Å². The van der Waals surface area contributed by atoms with Crippen LogP contribution in [-0.2, 0) is 6.42 Å². The van der Waals surface area contributed by atoms with Gasteiger partial charge in [0, 0.05) is 6.04 Å². The van der Waals surface area contributed by atoms with E-state index in [4.69, 9.17) is 4.74 Å². The summed E-state index contributed by atoms with van der Waals surface area (Å²) in [5.74, 6) is 1.94. The molecule has 1 aromatic carbocycles. The van der Waals surface area contributed by atoms with E-state index < -0.39 is 0 Å². The van der Waals surface area contributed by atoms with Gasteiger partial charge in [-0.2, -0.15) is 0 Å². The van der Waals surface area contributed by atoms with Crippen LogP contribution in [0, 0.1) is 5.92 Å². The molecule has 0 spiro atoms. The normalized spacial score (nSPS) is 22.1. The quantitative estimate of drug-likeness (QED) is 0.837. The molecule has 2 nitrogen and oxygen atoms in total. The molecule has 1 saturated carbocycles. The molecule has 0 radical (unpaired) electrons. The van der Waals surface area contributed by atoms with Crippen LogP contribution in [0.4, 0.5) is 0 Å². The van der Waals surface area contributed by atoms with E-state index in [0.29, 0.717) is 6.04 Å². The summed E-state index contributed by atoms with van der Waals surface area (Å²) < 4.78 is 6.16. The predicted octanol–water partition coefficient (Wildman–Crippen LogP) is 4.24. The van der Waals surface area contributed by atoms with Crippen molar-refractivity contribution in [3.05, 3.63) is 29.3 Å². The Balaban J connectivity index is 1.65. The summed E-state index contributed by atoms with van der Waals surface area (Å²) in [6.45, 7) is 4.25. The maximum absolute atomic E-state index is 6.16. The largest absolute Gasteiger partial charge is 0.493 e. The van der Waals surface area contributed by atoms with Crippen molar-refractivity contribution >= 4 is 0 Å². The van der Waals surface area contributed by atoms with Gasteiger partial charge in [-0.15, -0.1) is 0 Å². The molecule has 1 fully saturated rings. The minimum absolute atomic E-state index is 0.542. The van der Waals surface area contributed by atoms with E-state index in [1.165, 1.54) is 49.7 Å². The molecular formula is C18H27NO. The van der Waals surface area contributed by atoms with Crippen molar-refractivity contribution in [2.45, 2.75) is 57.9 Å².